The Labute approximate surface area is 281 Å². The number of methoxy groups -OCH3 is 2. The molecule has 0 radical (unpaired) electrons. The second kappa shape index (κ2) is 20.5. The minimum atomic E-state index is -0.957. The molecule has 0 bridgehead atoms. The van der Waals surface area contributed by atoms with Crippen molar-refractivity contribution in [1.82, 2.24) is 5.32 Å². The van der Waals surface area contributed by atoms with Crippen LogP contribution in [0.1, 0.15) is 56.1 Å². The van der Waals surface area contributed by atoms with Gasteiger partial charge in [-0.2, -0.15) is 0 Å². The van der Waals surface area contributed by atoms with Crippen LogP contribution in [0.25, 0.3) is 0 Å². The van der Waals surface area contributed by atoms with Gasteiger partial charge in [-0.3, -0.25) is 24.2 Å². The number of nitrogens with zero attached hydrogens (tertiary/aromatic N) is 1. The van der Waals surface area contributed by atoms with E-state index in [0.29, 0.717) is 44.3 Å². The normalized spacial score (nSPS) is 13.4. The third-order valence-electron chi connectivity index (χ3n) is 8.05. The molecule has 2 rings (SSSR count). The van der Waals surface area contributed by atoms with Gasteiger partial charge in [0, 0.05) is 31.2 Å². The number of aliphatic imine (C=N–C) groups is 1. The molecule has 0 unspecified atom stereocenters. The van der Waals surface area contributed by atoms with Crippen LogP contribution in [0.15, 0.2) is 47.5 Å². The predicted octanol–water partition coefficient (Wildman–Crippen LogP) is 0.825. The van der Waals surface area contributed by atoms with Gasteiger partial charge in [0.1, 0.15) is 5.78 Å². The molecule has 4 atom stereocenters. The van der Waals surface area contributed by atoms with Gasteiger partial charge in [0.2, 0.25) is 17.6 Å². The number of hydrogen-bond donors (Lipinski definition) is 7. The maximum atomic E-state index is 13.9. The number of carbonyl (C=O) groups is 4. The van der Waals surface area contributed by atoms with Crippen LogP contribution in [0, 0.1) is 11.8 Å². The van der Waals surface area contributed by atoms with Crippen LogP contribution in [0.4, 0.5) is 0 Å². The lowest BCUT2D eigenvalue weighted by atomic mass is 9.88. The predicted molar refractivity (Wildman–Crippen MR) is 183 cm³/mol. The summed E-state index contributed by atoms with van der Waals surface area (Å²) in [6.45, 7) is 0.693. The number of Topliss-reactive ketones (excluding diaryl/α,β-unsaturated/α-hetero) is 2. The average molecular weight is 670 g/mol. The maximum absolute atomic E-state index is 13.9. The van der Waals surface area contributed by atoms with E-state index < -0.39 is 35.7 Å². The minimum absolute atomic E-state index is 0.0346. The van der Waals surface area contributed by atoms with Crippen LogP contribution in [-0.4, -0.2) is 73.8 Å². The Bertz CT molecular complexity index is 1360. The number of nitrogens with one attached hydrogen (secondary N) is 1. The number of phenols is 1. The zero-order valence-electron chi connectivity index (χ0n) is 27.9. The van der Waals surface area contributed by atoms with Crippen molar-refractivity contribution in [2.45, 2.75) is 69.9 Å². The van der Waals surface area contributed by atoms with Gasteiger partial charge in [-0.25, -0.2) is 0 Å². The number of rotatable bonds is 23. The van der Waals surface area contributed by atoms with Gasteiger partial charge >= 0.3 is 0 Å². The Hall–Kier alpha value is -4.69. The van der Waals surface area contributed by atoms with Gasteiger partial charge in [-0.1, -0.05) is 30.3 Å². The molecule has 0 heterocycles. The van der Waals surface area contributed by atoms with Crippen molar-refractivity contribution in [2.24, 2.45) is 45.5 Å². The van der Waals surface area contributed by atoms with Gasteiger partial charge in [-0.05, 0) is 74.8 Å². The molecule has 0 aliphatic carbocycles. The van der Waals surface area contributed by atoms with E-state index in [4.69, 9.17) is 38.1 Å². The summed E-state index contributed by atoms with van der Waals surface area (Å²) >= 11 is 0. The number of benzene rings is 2. The molecule has 0 spiro atoms. The fraction of sp³-hybridized carbons (Fsp3) is 0.500. The highest BCUT2D eigenvalue weighted by atomic mass is 16.5. The Morgan fingerprint density at radius 2 is 1.44 bits per heavy atom. The van der Waals surface area contributed by atoms with E-state index >= 15 is 0 Å². The number of carbonyl (C=O) groups excluding carboxylic acids is 4. The van der Waals surface area contributed by atoms with E-state index in [2.05, 4.69) is 10.3 Å². The average Bonchev–Trinajstić information content (AvgIpc) is 3.06. The molecule has 14 heteroatoms. The lowest BCUT2D eigenvalue weighted by molar-refractivity contribution is -0.133. The third kappa shape index (κ3) is 13.2. The first-order valence-electron chi connectivity index (χ1n) is 16.0. The zero-order chi connectivity index (χ0) is 35.6. The van der Waals surface area contributed by atoms with Crippen LogP contribution in [0.3, 0.4) is 0 Å². The van der Waals surface area contributed by atoms with Gasteiger partial charge < -0.3 is 48.6 Å². The second-order valence-electron chi connectivity index (χ2n) is 11.8. The highest BCUT2D eigenvalue weighted by Gasteiger charge is 2.31. The molecule has 0 aliphatic rings. The number of aromatic hydroxyl groups is 1. The Balaban J connectivity index is 2.34. The molecule has 48 heavy (non-hydrogen) atoms. The van der Waals surface area contributed by atoms with E-state index in [1.54, 1.807) is 12.1 Å². The molecule has 2 amide bonds. The van der Waals surface area contributed by atoms with E-state index in [9.17, 15) is 24.3 Å². The summed E-state index contributed by atoms with van der Waals surface area (Å²) in [6, 6.07) is 10.5. The number of amides is 2. The highest BCUT2D eigenvalue weighted by Crippen LogP contribution is 2.38. The van der Waals surface area contributed by atoms with Gasteiger partial charge in [0.25, 0.3) is 0 Å². The number of phenolic OH excluding ortho intramolecular Hbond substituents is 1. The van der Waals surface area contributed by atoms with Crippen molar-refractivity contribution in [3.63, 3.8) is 0 Å². The number of unbranched alkanes of at least 4 members (excludes halogenated alkanes) is 1. The van der Waals surface area contributed by atoms with Crippen molar-refractivity contribution < 1.29 is 33.8 Å². The molecule has 2 aromatic carbocycles. The third-order valence-corrected chi connectivity index (χ3v) is 8.05. The maximum Gasteiger partial charge on any atom is 0.224 e. The number of ether oxygens (including phenoxy) is 2. The summed E-state index contributed by atoms with van der Waals surface area (Å²) in [5.74, 6) is -3.65. The monoisotopic (exact) mass is 669 g/mol. The molecule has 2 aromatic rings. The van der Waals surface area contributed by atoms with Crippen LogP contribution in [0.5, 0.6) is 17.2 Å². The molecular formula is C34H51N7O7. The summed E-state index contributed by atoms with van der Waals surface area (Å²) in [5.41, 5.74) is 29.7. The van der Waals surface area contributed by atoms with Crippen LogP contribution < -0.4 is 43.5 Å². The van der Waals surface area contributed by atoms with E-state index in [1.807, 2.05) is 30.3 Å². The fourth-order valence-corrected chi connectivity index (χ4v) is 5.34. The first-order valence-corrected chi connectivity index (χ1v) is 16.0. The Kier molecular flexibility index (Phi) is 16.9. The molecule has 0 fully saturated rings. The topological polar surface area (TPSA) is 261 Å². The van der Waals surface area contributed by atoms with Gasteiger partial charge in [-0.15, -0.1) is 0 Å². The molecule has 12 N–H and O–H groups in total. The number of ketones is 2. The summed E-state index contributed by atoms with van der Waals surface area (Å²) in [5, 5.41) is 13.2. The summed E-state index contributed by atoms with van der Waals surface area (Å²) in [7, 11) is 2.75. The van der Waals surface area contributed by atoms with Crippen LogP contribution in [-0.2, 0) is 32.0 Å². The van der Waals surface area contributed by atoms with E-state index in [1.165, 1.54) is 14.2 Å². The number of nitrogens with two attached hydrogens (primary N) is 5. The molecule has 14 nitrogen and oxygen atoms in total. The minimum Gasteiger partial charge on any atom is -0.502 e. The summed E-state index contributed by atoms with van der Waals surface area (Å²) in [4.78, 5) is 57.2. The van der Waals surface area contributed by atoms with Crippen molar-refractivity contribution in [3.8, 4) is 17.2 Å². The quantitative estimate of drug-likeness (QED) is 0.0495. The second-order valence-corrected chi connectivity index (χ2v) is 11.8. The first kappa shape index (κ1) is 39.5. The van der Waals surface area contributed by atoms with E-state index in [0.717, 1.165) is 5.56 Å². The lowest BCUT2D eigenvalue weighted by Crippen LogP contribution is -2.46. The number of primary amides is 1. The van der Waals surface area contributed by atoms with Crippen LogP contribution >= 0.6 is 0 Å². The van der Waals surface area contributed by atoms with Crippen molar-refractivity contribution >= 4 is 29.3 Å². The fourth-order valence-electron chi connectivity index (χ4n) is 5.34. The standard InChI is InChI=1S/C34H51N7O7/c1-47-29-17-22(18-30(48-2)31(29)44)16-24(20-27(42)25(36)11-8-14-40-34(38)39)33(46)41-26(12-6-7-13-35)28(43)19-23(32(37)45)15-21-9-4-3-5-10-21/h3-5,9-10,17-18,23-26,44H,6-8,11-16,19-20,35-36H2,1-2H3,(H2,37,45)(H,41,46)(H4,38,39,40)/t23-,24-,25-,26+/m1/s1. The molecule has 0 saturated heterocycles. The SMILES string of the molecule is COc1cc(C[C@H](CC(=O)[C@H](N)CCCN=C(N)N)C(=O)N[C@@H](CCCCN)C(=O)C[C@@H](Cc2ccccc2)C(N)=O)cc(OC)c1O. The first-order chi connectivity index (χ1) is 22.9. The van der Waals surface area contributed by atoms with E-state index in [-0.39, 0.29) is 66.9 Å². The van der Waals surface area contributed by atoms with Crippen molar-refractivity contribution in [3.05, 3.63) is 53.6 Å². The summed E-state index contributed by atoms with van der Waals surface area (Å²) < 4.78 is 10.5. The highest BCUT2D eigenvalue weighted by molar-refractivity contribution is 5.94. The molecule has 0 aliphatic heterocycles. The largest absolute Gasteiger partial charge is 0.502 e. The number of hydrogen-bond acceptors (Lipinski definition) is 10. The zero-order valence-corrected chi connectivity index (χ0v) is 27.9. The Morgan fingerprint density at radius 1 is 0.833 bits per heavy atom. The van der Waals surface area contributed by atoms with Gasteiger partial charge in [0.05, 0.1) is 26.3 Å². The molecule has 0 aromatic heterocycles. The van der Waals surface area contributed by atoms with Crippen molar-refractivity contribution in [2.75, 3.05) is 27.3 Å². The summed E-state index contributed by atoms with van der Waals surface area (Å²) in [6.07, 6.45) is 2.09. The molecular weight excluding hydrogens is 618 g/mol. The van der Waals surface area contributed by atoms with Crippen LogP contribution in [0.2, 0.25) is 0 Å². The molecule has 0 saturated carbocycles. The Morgan fingerprint density at radius 3 is 2.00 bits per heavy atom. The lowest BCUT2D eigenvalue weighted by Gasteiger charge is -2.24. The smallest absolute Gasteiger partial charge is 0.224 e. The molecule has 264 valence electrons. The number of guanidine groups is 1. The van der Waals surface area contributed by atoms with Gasteiger partial charge in [0.15, 0.2) is 23.2 Å². The van der Waals surface area contributed by atoms with Crippen molar-refractivity contribution in [1.29, 1.82) is 0 Å².